The van der Waals surface area contributed by atoms with Gasteiger partial charge < -0.3 is 9.47 Å². The van der Waals surface area contributed by atoms with E-state index in [0.29, 0.717) is 12.8 Å². The summed E-state index contributed by atoms with van der Waals surface area (Å²) in [5.41, 5.74) is 0. The molecule has 0 aromatic rings. The van der Waals surface area contributed by atoms with Crippen molar-refractivity contribution in [2.75, 3.05) is 14.2 Å². The van der Waals surface area contributed by atoms with Crippen LogP contribution in [0.25, 0.3) is 0 Å². The van der Waals surface area contributed by atoms with Crippen LogP contribution in [0.1, 0.15) is 44.9 Å². The van der Waals surface area contributed by atoms with E-state index in [9.17, 15) is 9.59 Å². The van der Waals surface area contributed by atoms with Crippen molar-refractivity contribution in [3.05, 3.63) is 0 Å². The van der Waals surface area contributed by atoms with Crippen molar-refractivity contribution in [3.63, 3.8) is 0 Å². The number of ether oxygens (including phenoxy) is 2. The Labute approximate surface area is 90.9 Å². The van der Waals surface area contributed by atoms with Crippen molar-refractivity contribution < 1.29 is 19.1 Å². The maximum Gasteiger partial charge on any atom is 0.305 e. The van der Waals surface area contributed by atoms with Crippen LogP contribution in [0, 0.1) is 0 Å². The molecule has 0 aliphatic heterocycles. The van der Waals surface area contributed by atoms with Crippen molar-refractivity contribution in [2.45, 2.75) is 44.9 Å². The summed E-state index contributed by atoms with van der Waals surface area (Å²) in [6, 6.07) is 0. The van der Waals surface area contributed by atoms with Crippen molar-refractivity contribution in [3.8, 4) is 0 Å². The summed E-state index contributed by atoms with van der Waals surface area (Å²) >= 11 is 0. The maximum atomic E-state index is 10.7. The molecule has 15 heavy (non-hydrogen) atoms. The minimum Gasteiger partial charge on any atom is -0.469 e. The molecule has 0 rings (SSSR count). The molecule has 0 aromatic heterocycles. The van der Waals surface area contributed by atoms with Gasteiger partial charge in [-0.3, -0.25) is 9.59 Å². The lowest BCUT2D eigenvalue weighted by atomic mass is 10.1. The lowest BCUT2D eigenvalue weighted by Crippen LogP contribution is -2.00. The molecule has 0 aliphatic carbocycles. The molecule has 4 nitrogen and oxygen atoms in total. The van der Waals surface area contributed by atoms with E-state index in [2.05, 4.69) is 9.47 Å². The molecule has 0 bridgehead atoms. The average molecular weight is 216 g/mol. The quantitative estimate of drug-likeness (QED) is 0.460. The summed E-state index contributed by atoms with van der Waals surface area (Å²) in [4.78, 5) is 21.5. The first kappa shape index (κ1) is 13.9. The summed E-state index contributed by atoms with van der Waals surface area (Å²) in [7, 11) is 2.80. The van der Waals surface area contributed by atoms with Crippen LogP contribution in [-0.2, 0) is 19.1 Å². The van der Waals surface area contributed by atoms with Gasteiger partial charge in [0.25, 0.3) is 0 Å². The fourth-order valence-corrected chi connectivity index (χ4v) is 1.27. The molecule has 0 spiro atoms. The summed E-state index contributed by atoms with van der Waals surface area (Å²) < 4.78 is 9.05. The number of hydrogen-bond donors (Lipinski definition) is 0. The van der Waals surface area contributed by atoms with E-state index in [-0.39, 0.29) is 11.9 Å². The molecule has 0 atom stereocenters. The number of unbranched alkanes of at least 4 members (excludes halogenated alkanes) is 4. The van der Waals surface area contributed by atoms with Crippen LogP contribution in [0.3, 0.4) is 0 Å². The van der Waals surface area contributed by atoms with E-state index in [0.717, 1.165) is 32.1 Å². The fraction of sp³-hybridized carbons (Fsp3) is 0.818. The van der Waals surface area contributed by atoms with Gasteiger partial charge >= 0.3 is 11.9 Å². The molecule has 4 heteroatoms. The smallest absolute Gasteiger partial charge is 0.305 e. The zero-order valence-electron chi connectivity index (χ0n) is 9.58. The molecule has 0 unspecified atom stereocenters. The molecule has 0 fully saturated rings. The Balaban J connectivity index is 3.11. The molecule has 0 amide bonds. The number of carbonyl (C=O) groups excluding carboxylic acids is 2. The molecular formula is C11H20O4. The number of methoxy groups -OCH3 is 2. The average Bonchev–Trinajstić information content (AvgIpc) is 2.26. The molecule has 0 N–H and O–H groups in total. The highest BCUT2D eigenvalue weighted by atomic mass is 16.5. The highest BCUT2D eigenvalue weighted by molar-refractivity contribution is 5.69. The number of hydrogen-bond acceptors (Lipinski definition) is 4. The Morgan fingerprint density at radius 3 is 1.40 bits per heavy atom. The standard InChI is InChI=1S/C11H20O4/c1-14-10(12)8-6-4-3-5-7-9-11(13)15-2/h3-9H2,1-2H3. The second-order valence-electron chi connectivity index (χ2n) is 3.42. The molecule has 0 aliphatic rings. The summed E-state index contributed by atoms with van der Waals surface area (Å²) in [5.74, 6) is -0.297. The first-order valence-electron chi connectivity index (χ1n) is 5.34. The lowest BCUT2D eigenvalue weighted by molar-refractivity contribution is -0.141. The van der Waals surface area contributed by atoms with E-state index in [4.69, 9.17) is 0 Å². The van der Waals surface area contributed by atoms with Gasteiger partial charge in [0.05, 0.1) is 14.2 Å². The Morgan fingerprint density at radius 2 is 1.07 bits per heavy atom. The molecule has 0 heterocycles. The predicted molar refractivity (Wildman–Crippen MR) is 56.4 cm³/mol. The Morgan fingerprint density at radius 1 is 0.733 bits per heavy atom. The topological polar surface area (TPSA) is 52.6 Å². The zero-order valence-corrected chi connectivity index (χ0v) is 9.58. The maximum absolute atomic E-state index is 10.7. The predicted octanol–water partition coefficient (Wildman–Crippen LogP) is 2.06. The van der Waals surface area contributed by atoms with Crippen molar-refractivity contribution >= 4 is 11.9 Å². The second kappa shape index (κ2) is 9.49. The minimum absolute atomic E-state index is 0.149. The van der Waals surface area contributed by atoms with Crippen molar-refractivity contribution in [2.24, 2.45) is 0 Å². The van der Waals surface area contributed by atoms with E-state index >= 15 is 0 Å². The number of carbonyl (C=O) groups is 2. The molecule has 0 radical (unpaired) electrons. The largest absolute Gasteiger partial charge is 0.469 e. The lowest BCUT2D eigenvalue weighted by Gasteiger charge is -2.01. The SMILES string of the molecule is COC(=O)CCCCCCCC(=O)OC. The van der Waals surface area contributed by atoms with Crippen LogP contribution in [0.15, 0.2) is 0 Å². The Bertz CT molecular complexity index is 169. The molecule has 0 saturated heterocycles. The normalized spacial score (nSPS) is 9.73. The zero-order chi connectivity index (χ0) is 11.5. The van der Waals surface area contributed by atoms with Crippen LogP contribution in [0.5, 0.6) is 0 Å². The molecular weight excluding hydrogens is 196 g/mol. The van der Waals surface area contributed by atoms with Crippen LogP contribution < -0.4 is 0 Å². The Kier molecular flexibility index (Phi) is 8.82. The fourth-order valence-electron chi connectivity index (χ4n) is 1.27. The monoisotopic (exact) mass is 216 g/mol. The van der Waals surface area contributed by atoms with Gasteiger partial charge in [-0.25, -0.2) is 0 Å². The van der Waals surface area contributed by atoms with E-state index in [1.807, 2.05) is 0 Å². The van der Waals surface area contributed by atoms with Gasteiger partial charge in [0.2, 0.25) is 0 Å². The first-order valence-corrected chi connectivity index (χ1v) is 5.34. The van der Waals surface area contributed by atoms with Gasteiger partial charge in [0.1, 0.15) is 0 Å². The molecule has 88 valence electrons. The summed E-state index contributed by atoms with van der Waals surface area (Å²) in [6.07, 6.45) is 5.79. The second-order valence-corrected chi connectivity index (χ2v) is 3.42. The van der Waals surface area contributed by atoms with Crippen LogP contribution in [-0.4, -0.2) is 26.2 Å². The minimum atomic E-state index is -0.149. The Hall–Kier alpha value is -1.06. The van der Waals surface area contributed by atoms with E-state index in [1.165, 1.54) is 14.2 Å². The number of rotatable bonds is 8. The number of esters is 2. The van der Waals surface area contributed by atoms with Crippen molar-refractivity contribution in [1.82, 2.24) is 0 Å². The van der Waals surface area contributed by atoms with Gasteiger partial charge in [-0.2, -0.15) is 0 Å². The van der Waals surface area contributed by atoms with Crippen LogP contribution in [0.2, 0.25) is 0 Å². The summed E-state index contributed by atoms with van der Waals surface area (Å²) in [6.45, 7) is 0. The summed E-state index contributed by atoms with van der Waals surface area (Å²) in [5, 5.41) is 0. The van der Waals surface area contributed by atoms with Gasteiger partial charge in [0, 0.05) is 12.8 Å². The molecule has 0 aromatic carbocycles. The van der Waals surface area contributed by atoms with Gasteiger partial charge in [0.15, 0.2) is 0 Å². The third-order valence-corrected chi connectivity index (χ3v) is 2.22. The highest BCUT2D eigenvalue weighted by Gasteiger charge is 2.01. The third kappa shape index (κ3) is 9.25. The van der Waals surface area contributed by atoms with Gasteiger partial charge in [-0.1, -0.05) is 19.3 Å². The van der Waals surface area contributed by atoms with Crippen molar-refractivity contribution in [1.29, 1.82) is 0 Å². The van der Waals surface area contributed by atoms with E-state index in [1.54, 1.807) is 0 Å². The van der Waals surface area contributed by atoms with Gasteiger partial charge in [-0.05, 0) is 12.8 Å². The van der Waals surface area contributed by atoms with E-state index < -0.39 is 0 Å². The third-order valence-electron chi connectivity index (χ3n) is 2.22. The highest BCUT2D eigenvalue weighted by Crippen LogP contribution is 2.07. The van der Waals surface area contributed by atoms with Crippen LogP contribution in [0.4, 0.5) is 0 Å². The molecule has 0 saturated carbocycles. The van der Waals surface area contributed by atoms with Crippen LogP contribution >= 0.6 is 0 Å². The van der Waals surface area contributed by atoms with Gasteiger partial charge in [-0.15, -0.1) is 0 Å². The first-order chi connectivity index (χ1) is 7.20.